The van der Waals surface area contributed by atoms with E-state index in [1.54, 1.807) is 19.2 Å². The first-order valence-corrected chi connectivity index (χ1v) is 8.09. The van der Waals surface area contributed by atoms with Gasteiger partial charge in [-0.05, 0) is 36.4 Å². The van der Waals surface area contributed by atoms with Crippen molar-refractivity contribution in [3.63, 3.8) is 0 Å². The quantitative estimate of drug-likeness (QED) is 0.669. The van der Waals surface area contributed by atoms with Crippen molar-refractivity contribution >= 4 is 23.1 Å². The highest BCUT2D eigenvalue weighted by Crippen LogP contribution is 2.31. The highest BCUT2D eigenvalue weighted by Gasteiger charge is 2.06. The molecule has 1 aromatic heterocycles. The van der Waals surface area contributed by atoms with Gasteiger partial charge < -0.3 is 15.4 Å². The van der Waals surface area contributed by atoms with Gasteiger partial charge in [0, 0.05) is 6.42 Å². The molecule has 25 heavy (non-hydrogen) atoms. The number of para-hydroxylation sites is 3. The number of carbonyl (C=O) groups is 1. The van der Waals surface area contributed by atoms with Crippen molar-refractivity contribution in [1.29, 1.82) is 0 Å². The Bertz CT molecular complexity index is 833. The number of pyridine rings is 1. The molecule has 0 radical (unpaired) electrons. The van der Waals surface area contributed by atoms with Gasteiger partial charge in [0.2, 0.25) is 5.91 Å². The van der Waals surface area contributed by atoms with Crippen LogP contribution < -0.4 is 15.4 Å². The van der Waals surface area contributed by atoms with Gasteiger partial charge in [-0.1, -0.05) is 37.3 Å². The Morgan fingerprint density at radius 3 is 2.48 bits per heavy atom. The molecule has 3 aromatic rings. The largest absolute Gasteiger partial charge is 0.455 e. The summed E-state index contributed by atoms with van der Waals surface area (Å²) in [5, 5.41) is 6.01. The summed E-state index contributed by atoms with van der Waals surface area (Å²) in [6.07, 6.45) is 2.09. The van der Waals surface area contributed by atoms with E-state index in [2.05, 4.69) is 15.6 Å². The number of rotatable bonds is 6. The summed E-state index contributed by atoms with van der Waals surface area (Å²) in [5.74, 6) is 1.96. The number of nitrogens with one attached hydrogen (secondary N) is 2. The van der Waals surface area contributed by atoms with Crippen LogP contribution in [0.15, 0.2) is 72.9 Å². The highest BCUT2D eigenvalue weighted by molar-refractivity contribution is 5.89. The number of aromatic nitrogens is 1. The number of amides is 1. The second kappa shape index (κ2) is 7.97. The van der Waals surface area contributed by atoms with Crippen molar-refractivity contribution in [2.75, 3.05) is 10.6 Å². The Kier molecular flexibility index (Phi) is 5.26. The molecule has 0 saturated heterocycles. The van der Waals surface area contributed by atoms with E-state index < -0.39 is 0 Å². The zero-order valence-electron chi connectivity index (χ0n) is 13.9. The number of hydrogen-bond acceptors (Lipinski definition) is 4. The molecule has 0 spiro atoms. The second-order valence-corrected chi connectivity index (χ2v) is 5.37. The van der Waals surface area contributed by atoms with E-state index in [0.29, 0.717) is 12.2 Å². The molecule has 0 saturated carbocycles. The Hall–Kier alpha value is -3.34. The molecule has 0 unspecified atom stereocenters. The van der Waals surface area contributed by atoms with Crippen molar-refractivity contribution in [1.82, 2.24) is 4.98 Å². The van der Waals surface area contributed by atoms with Gasteiger partial charge in [-0.25, -0.2) is 4.98 Å². The first kappa shape index (κ1) is 16.5. The first-order valence-electron chi connectivity index (χ1n) is 8.09. The predicted molar refractivity (Wildman–Crippen MR) is 99.4 cm³/mol. The van der Waals surface area contributed by atoms with E-state index in [9.17, 15) is 4.79 Å². The van der Waals surface area contributed by atoms with E-state index in [1.807, 2.05) is 60.7 Å². The molecular weight excluding hydrogens is 314 g/mol. The Labute approximate surface area is 146 Å². The summed E-state index contributed by atoms with van der Waals surface area (Å²) in [7, 11) is 0. The molecule has 0 aliphatic heterocycles. The molecular formula is C20H19N3O2. The van der Waals surface area contributed by atoms with Gasteiger partial charge in [0.15, 0.2) is 5.75 Å². The van der Waals surface area contributed by atoms with Crippen molar-refractivity contribution < 1.29 is 9.53 Å². The van der Waals surface area contributed by atoms with Crippen molar-refractivity contribution in [3.8, 4) is 11.5 Å². The third-order valence-electron chi connectivity index (χ3n) is 3.49. The number of anilines is 3. The second-order valence-electron chi connectivity index (χ2n) is 5.37. The molecule has 0 aliphatic carbocycles. The first-order chi connectivity index (χ1) is 12.2. The number of hydrogen-bond donors (Lipinski definition) is 2. The third-order valence-corrected chi connectivity index (χ3v) is 3.49. The lowest BCUT2D eigenvalue weighted by atomic mass is 10.2. The Morgan fingerprint density at radius 2 is 1.76 bits per heavy atom. The smallest absolute Gasteiger partial charge is 0.225 e. The van der Waals surface area contributed by atoms with Crippen LogP contribution in [-0.2, 0) is 4.79 Å². The summed E-state index contributed by atoms with van der Waals surface area (Å²) >= 11 is 0. The fraction of sp³-hybridized carbons (Fsp3) is 0.100. The molecule has 0 fully saturated rings. The summed E-state index contributed by atoms with van der Waals surface area (Å²) < 4.78 is 5.93. The maximum atomic E-state index is 11.4. The molecule has 3 rings (SSSR count). The van der Waals surface area contributed by atoms with Crippen LogP contribution >= 0.6 is 0 Å². The Balaban J connectivity index is 1.73. The highest BCUT2D eigenvalue weighted by atomic mass is 16.5. The van der Waals surface area contributed by atoms with Crippen LogP contribution in [0.25, 0.3) is 0 Å². The summed E-state index contributed by atoms with van der Waals surface area (Å²) in [4.78, 5) is 15.6. The van der Waals surface area contributed by atoms with Crippen LogP contribution in [-0.4, -0.2) is 10.9 Å². The molecule has 126 valence electrons. The maximum Gasteiger partial charge on any atom is 0.225 e. The molecule has 0 aliphatic rings. The molecule has 0 atom stereocenters. The molecule has 1 heterocycles. The average molecular weight is 333 g/mol. The minimum atomic E-state index is -0.0604. The minimum Gasteiger partial charge on any atom is -0.455 e. The molecule has 1 amide bonds. The molecule has 2 aromatic carbocycles. The van der Waals surface area contributed by atoms with Crippen LogP contribution in [0.2, 0.25) is 0 Å². The summed E-state index contributed by atoms with van der Waals surface area (Å²) in [6.45, 7) is 1.80. The monoisotopic (exact) mass is 333 g/mol. The fourth-order valence-corrected chi connectivity index (χ4v) is 2.20. The summed E-state index contributed by atoms with van der Waals surface area (Å²) in [5.41, 5.74) is 1.64. The lowest BCUT2D eigenvalue weighted by molar-refractivity contribution is -0.115. The number of carbonyl (C=O) groups excluding carboxylic acids is 1. The molecule has 0 bridgehead atoms. The van der Waals surface area contributed by atoms with Gasteiger partial charge >= 0.3 is 0 Å². The van der Waals surface area contributed by atoms with Crippen LogP contribution in [0.4, 0.5) is 17.2 Å². The maximum absolute atomic E-state index is 11.4. The fourth-order valence-electron chi connectivity index (χ4n) is 2.20. The van der Waals surface area contributed by atoms with Crippen LogP contribution in [0.3, 0.4) is 0 Å². The normalized spacial score (nSPS) is 10.1. The lowest BCUT2D eigenvalue weighted by Crippen LogP contribution is -2.10. The van der Waals surface area contributed by atoms with Gasteiger partial charge in [0.05, 0.1) is 17.6 Å². The minimum absolute atomic E-state index is 0.0604. The van der Waals surface area contributed by atoms with Crippen LogP contribution in [0.1, 0.15) is 13.3 Å². The van der Waals surface area contributed by atoms with Gasteiger partial charge in [-0.3, -0.25) is 4.79 Å². The van der Waals surface area contributed by atoms with E-state index in [-0.39, 0.29) is 5.91 Å². The zero-order chi connectivity index (χ0) is 17.5. The number of benzene rings is 2. The number of nitrogens with zero attached hydrogens (tertiary/aromatic N) is 1. The SMILES string of the molecule is CCC(=O)Nc1ccc(Nc2ccccc2Oc2ccccc2)cn1. The topological polar surface area (TPSA) is 63.2 Å². The predicted octanol–water partition coefficient (Wildman–Crippen LogP) is 4.97. The van der Waals surface area contributed by atoms with Gasteiger partial charge in [-0.2, -0.15) is 0 Å². The summed E-state index contributed by atoms with van der Waals surface area (Å²) in [6, 6.07) is 20.9. The molecule has 2 N–H and O–H groups in total. The van der Waals surface area contributed by atoms with E-state index in [0.717, 1.165) is 22.9 Å². The standard InChI is InChI=1S/C20H19N3O2/c1-2-20(24)23-19-13-12-15(14-21-19)22-17-10-6-7-11-18(17)25-16-8-4-3-5-9-16/h3-14,22H,2H2,1H3,(H,21,23,24). The van der Waals surface area contributed by atoms with Crippen molar-refractivity contribution in [2.45, 2.75) is 13.3 Å². The van der Waals surface area contributed by atoms with Gasteiger partial charge in [0.25, 0.3) is 0 Å². The average Bonchev–Trinajstić information content (AvgIpc) is 2.65. The number of ether oxygens (including phenoxy) is 1. The molecule has 5 nitrogen and oxygen atoms in total. The lowest BCUT2D eigenvalue weighted by Gasteiger charge is -2.13. The van der Waals surface area contributed by atoms with Crippen LogP contribution in [0, 0.1) is 0 Å². The van der Waals surface area contributed by atoms with E-state index in [1.165, 1.54) is 0 Å². The van der Waals surface area contributed by atoms with Crippen molar-refractivity contribution in [2.24, 2.45) is 0 Å². The molecule has 5 heteroatoms. The zero-order valence-corrected chi connectivity index (χ0v) is 13.9. The van der Waals surface area contributed by atoms with Crippen molar-refractivity contribution in [3.05, 3.63) is 72.9 Å². The van der Waals surface area contributed by atoms with Gasteiger partial charge in [0.1, 0.15) is 11.6 Å². The van der Waals surface area contributed by atoms with E-state index >= 15 is 0 Å². The van der Waals surface area contributed by atoms with E-state index in [4.69, 9.17) is 4.74 Å². The van der Waals surface area contributed by atoms with Crippen LogP contribution in [0.5, 0.6) is 11.5 Å². The van der Waals surface area contributed by atoms with Gasteiger partial charge in [-0.15, -0.1) is 0 Å². The third kappa shape index (κ3) is 4.57. The Morgan fingerprint density at radius 1 is 1.00 bits per heavy atom.